The number of nitrogens with one attached hydrogen (secondary N) is 3. The molecule has 1 amide bonds. The van der Waals surface area contributed by atoms with Crippen LogP contribution in [-0.4, -0.2) is 95.7 Å². The lowest BCUT2D eigenvalue weighted by Crippen LogP contribution is -2.46. The van der Waals surface area contributed by atoms with Crippen LogP contribution in [0.5, 0.6) is 5.75 Å². The first-order valence-corrected chi connectivity index (χ1v) is 14.7. The molecule has 1 fully saturated rings. The number of anilines is 2. The van der Waals surface area contributed by atoms with Gasteiger partial charge in [0.15, 0.2) is 0 Å². The summed E-state index contributed by atoms with van der Waals surface area (Å²) in [5.41, 5.74) is 1.40. The lowest BCUT2D eigenvalue weighted by molar-refractivity contribution is -0.141. The Morgan fingerprint density at radius 2 is 1.89 bits per heavy atom. The standard InChI is InChI=1S/C32H35F4N5O6/c1-40-14-12-24(22(33)17-40)38-23-6-3-7-27-21(23)16-20(41(27)18-32(34,35)36)5-4-13-37-25-9-8-19(15-28(25)47-2)30(44)39-26(31(45)46)10-11-29(42)43/h3,6-9,15-16,22,24,26,37-38H,10-14,17-18H2,1-2H3,(H,39,44)(H,42,43)(H,45,46)/t22-,24+,26-/m0/s1. The van der Waals surface area contributed by atoms with Crippen LogP contribution in [0.1, 0.15) is 35.3 Å². The normalized spacial score (nSPS) is 17.3. The number of rotatable bonds is 12. The molecule has 1 aliphatic heterocycles. The number of methoxy groups -OCH3 is 1. The maximum absolute atomic E-state index is 14.7. The number of hydrogen-bond donors (Lipinski definition) is 5. The van der Waals surface area contributed by atoms with Gasteiger partial charge in [-0.1, -0.05) is 12.0 Å². The molecular weight excluding hydrogens is 626 g/mol. The van der Waals surface area contributed by atoms with Gasteiger partial charge in [-0.15, -0.1) is 0 Å². The second-order valence-corrected chi connectivity index (χ2v) is 11.2. The van der Waals surface area contributed by atoms with Crippen molar-refractivity contribution in [1.29, 1.82) is 0 Å². The Balaban J connectivity index is 1.51. The van der Waals surface area contributed by atoms with Gasteiger partial charge >= 0.3 is 18.1 Å². The Kier molecular flexibility index (Phi) is 11.2. The van der Waals surface area contributed by atoms with Crippen molar-refractivity contribution in [3.63, 3.8) is 0 Å². The van der Waals surface area contributed by atoms with Crippen molar-refractivity contribution >= 4 is 40.1 Å². The summed E-state index contributed by atoms with van der Waals surface area (Å²) >= 11 is 0. The molecule has 0 unspecified atom stereocenters. The summed E-state index contributed by atoms with van der Waals surface area (Å²) in [7, 11) is 3.18. The minimum Gasteiger partial charge on any atom is -0.495 e. The van der Waals surface area contributed by atoms with E-state index in [4.69, 9.17) is 9.84 Å². The molecule has 15 heteroatoms. The zero-order chi connectivity index (χ0) is 34.3. The van der Waals surface area contributed by atoms with Crippen LogP contribution < -0.4 is 20.7 Å². The number of alkyl halides is 4. The number of fused-ring (bicyclic) bond motifs is 1. The molecule has 252 valence electrons. The predicted octanol–water partition coefficient (Wildman–Crippen LogP) is 4.18. The summed E-state index contributed by atoms with van der Waals surface area (Å²) in [6, 6.07) is 8.77. The van der Waals surface area contributed by atoms with Gasteiger partial charge in [-0.25, -0.2) is 9.18 Å². The maximum atomic E-state index is 14.7. The van der Waals surface area contributed by atoms with E-state index in [0.29, 0.717) is 35.2 Å². The number of benzene rings is 2. The van der Waals surface area contributed by atoms with Crippen molar-refractivity contribution in [2.45, 2.75) is 50.2 Å². The summed E-state index contributed by atoms with van der Waals surface area (Å²) in [5, 5.41) is 27.1. The van der Waals surface area contributed by atoms with Crippen molar-refractivity contribution in [2.75, 3.05) is 44.4 Å². The molecule has 0 saturated carbocycles. The predicted molar refractivity (Wildman–Crippen MR) is 167 cm³/mol. The molecule has 5 N–H and O–H groups in total. The highest BCUT2D eigenvalue weighted by atomic mass is 19.4. The van der Waals surface area contributed by atoms with Crippen LogP contribution in [-0.2, 0) is 16.1 Å². The smallest absolute Gasteiger partial charge is 0.406 e. The molecule has 2 heterocycles. The first-order chi connectivity index (χ1) is 22.3. The highest BCUT2D eigenvalue weighted by Gasteiger charge is 2.31. The van der Waals surface area contributed by atoms with E-state index in [1.165, 1.54) is 25.3 Å². The van der Waals surface area contributed by atoms with Gasteiger partial charge < -0.3 is 40.4 Å². The van der Waals surface area contributed by atoms with E-state index in [1.807, 2.05) is 11.9 Å². The van der Waals surface area contributed by atoms with Crippen molar-refractivity contribution in [3.05, 3.63) is 53.7 Å². The molecule has 2 aromatic carbocycles. The fraction of sp³-hybridized carbons (Fsp3) is 0.406. The van der Waals surface area contributed by atoms with Crippen LogP contribution in [0.3, 0.4) is 0 Å². The van der Waals surface area contributed by atoms with Crippen molar-refractivity contribution in [2.24, 2.45) is 0 Å². The highest BCUT2D eigenvalue weighted by molar-refractivity contribution is 5.97. The van der Waals surface area contributed by atoms with Gasteiger partial charge in [0.05, 0.1) is 36.6 Å². The molecule has 0 radical (unpaired) electrons. The van der Waals surface area contributed by atoms with Gasteiger partial charge in [0.2, 0.25) is 0 Å². The molecule has 0 bridgehead atoms. The van der Waals surface area contributed by atoms with Crippen LogP contribution in [0.4, 0.5) is 28.9 Å². The number of carboxylic acid groups (broad SMARTS) is 2. The number of aromatic nitrogens is 1. The second-order valence-electron chi connectivity index (χ2n) is 11.2. The Bertz CT molecular complexity index is 1680. The molecule has 0 spiro atoms. The first-order valence-electron chi connectivity index (χ1n) is 14.7. The number of carboxylic acids is 2. The maximum Gasteiger partial charge on any atom is 0.406 e. The van der Waals surface area contributed by atoms with E-state index in [-0.39, 0.29) is 36.5 Å². The van der Waals surface area contributed by atoms with Gasteiger partial charge in [0.1, 0.15) is 24.5 Å². The lowest BCUT2D eigenvalue weighted by Gasteiger charge is -2.33. The monoisotopic (exact) mass is 661 g/mol. The topological polar surface area (TPSA) is 145 Å². The van der Waals surface area contributed by atoms with E-state index < -0.39 is 55.2 Å². The zero-order valence-electron chi connectivity index (χ0n) is 25.7. The Hall–Kier alpha value is -4.97. The third-order valence-electron chi connectivity index (χ3n) is 7.67. The summed E-state index contributed by atoms with van der Waals surface area (Å²) in [6.45, 7) is -0.343. The molecule has 1 aliphatic rings. The minimum atomic E-state index is -4.52. The van der Waals surface area contributed by atoms with Crippen LogP contribution in [0.15, 0.2) is 42.5 Å². The van der Waals surface area contributed by atoms with Crippen LogP contribution in [0.25, 0.3) is 10.9 Å². The molecule has 47 heavy (non-hydrogen) atoms. The number of aliphatic carboxylic acids is 2. The summed E-state index contributed by atoms with van der Waals surface area (Å²) in [6.07, 6.45) is -5.87. The Labute approximate surface area is 267 Å². The molecule has 1 aromatic heterocycles. The van der Waals surface area contributed by atoms with Crippen LogP contribution in [0.2, 0.25) is 0 Å². The van der Waals surface area contributed by atoms with Gasteiger partial charge in [0.25, 0.3) is 5.91 Å². The zero-order valence-corrected chi connectivity index (χ0v) is 25.7. The number of ether oxygens (including phenoxy) is 1. The van der Waals surface area contributed by atoms with Crippen molar-refractivity contribution in [1.82, 2.24) is 14.8 Å². The summed E-state index contributed by atoms with van der Waals surface area (Å²) < 4.78 is 61.9. The molecule has 4 rings (SSSR count). The van der Waals surface area contributed by atoms with Crippen LogP contribution >= 0.6 is 0 Å². The number of likely N-dealkylation sites (tertiary alicyclic amines) is 1. The first kappa shape index (κ1) is 34.9. The van der Waals surface area contributed by atoms with Crippen molar-refractivity contribution in [3.8, 4) is 17.6 Å². The quantitative estimate of drug-likeness (QED) is 0.143. The number of carbonyl (C=O) groups is 3. The third kappa shape index (κ3) is 9.29. The average molecular weight is 662 g/mol. The number of carbonyl (C=O) groups excluding carboxylic acids is 1. The van der Waals surface area contributed by atoms with Gasteiger partial charge in [0, 0.05) is 36.1 Å². The summed E-state index contributed by atoms with van der Waals surface area (Å²) in [5.74, 6) is 2.49. The fourth-order valence-electron chi connectivity index (χ4n) is 5.30. The van der Waals surface area contributed by atoms with E-state index in [2.05, 4.69) is 27.8 Å². The second kappa shape index (κ2) is 15.1. The molecule has 11 nitrogen and oxygen atoms in total. The number of amides is 1. The number of hydrogen-bond acceptors (Lipinski definition) is 7. The Morgan fingerprint density at radius 3 is 2.55 bits per heavy atom. The number of halogens is 4. The van der Waals surface area contributed by atoms with Gasteiger partial charge in [-0.05, 0) is 62.2 Å². The number of nitrogens with zero attached hydrogens (tertiary/aromatic N) is 2. The van der Waals surface area contributed by atoms with E-state index >= 15 is 0 Å². The molecule has 3 atom stereocenters. The fourth-order valence-corrected chi connectivity index (χ4v) is 5.30. The van der Waals surface area contributed by atoms with E-state index in [1.54, 1.807) is 24.3 Å². The third-order valence-corrected chi connectivity index (χ3v) is 7.67. The van der Waals surface area contributed by atoms with Crippen LogP contribution in [0, 0.1) is 11.8 Å². The van der Waals surface area contributed by atoms with Gasteiger partial charge in [-0.2, -0.15) is 13.2 Å². The lowest BCUT2D eigenvalue weighted by atomic mass is 10.0. The molecule has 1 saturated heterocycles. The average Bonchev–Trinajstić information content (AvgIpc) is 3.34. The molecular formula is C32H35F4N5O6. The molecule has 3 aromatic rings. The van der Waals surface area contributed by atoms with Crippen molar-refractivity contribution < 1.29 is 46.9 Å². The van der Waals surface area contributed by atoms with E-state index in [9.17, 15) is 37.1 Å². The van der Waals surface area contributed by atoms with Gasteiger partial charge in [-0.3, -0.25) is 9.59 Å². The van der Waals surface area contributed by atoms with E-state index in [0.717, 1.165) is 4.57 Å². The largest absolute Gasteiger partial charge is 0.495 e. The highest BCUT2D eigenvalue weighted by Crippen LogP contribution is 2.32. The minimum absolute atomic E-state index is 0.0179. The molecule has 0 aliphatic carbocycles. The summed E-state index contributed by atoms with van der Waals surface area (Å²) in [4.78, 5) is 36.8. The SMILES string of the molecule is COc1cc(C(=O)N[C@@H](CCC(=O)O)C(=O)O)ccc1NCC#Cc1cc2c(N[C@@H]3CCN(C)C[C@@H]3F)cccc2n1CC(F)(F)F. The Morgan fingerprint density at radius 1 is 1.13 bits per heavy atom. The number of piperidine rings is 1.